The van der Waals surface area contributed by atoms with E-state index < -0.39 is 6.09 Å². The van der Waals surface area contributed by atoms with Crippen LogP contribution in [0.1, 0.15) is 12.5 Å². The van der Waals surface area contributed by atoms with Crippen LogP contribution in [0.2, 0.25) is 0 Å². The Hall–Kier alpha value is -2.06. The zero-order chi connectivity index (χ0) is 13.4. The lowest BCUT2D eigenvalue weighted by Gasteiger charge is -2.20. The van der Waals surface area contributed by atoms with Crippen molar-refractivity contribution in [2.45, 2.75) is 19.6 Å². The first-order valence-corrected chi connectivity index (χ1v) is 5.71. The third kappa shape index (κ3) is 4.85. The van der Waals surface area contributed by atoms with Crippen LogP contribution in [0.25, 0.3) is 0 Å². The molecular weight excluding hydrogens is 230 g/mol. The molecule has 96 valence electrons. The van der Waals surface area contributed by atoms with Gasteiger partial charge in [-0.3, -0.25) is 4.90 Å². The first-order chi connectivity index (χ1) is 8.63. The molecule has 1 aromatic carbocycles. The van der Waals surface area contributed by atoms with Crippen LogP contribution in [-0.2, 0) is 11.3 Å². The molecule has 0 aliphatic rings. The van der Waals surface area contributed by atoms with E-state index in [9.17, 15) is 4.79 Å². The molecule has 0 spiro atoms. The molecule has 5 nitrogen and oxygen atoms in total. The Morgan fingerprint density at radius 1 is 1.50 bits per heavy atom. The number of carbonyl (C=O) groups is 1. The van der Waals surface area contributed by atoms with E-state index in [1.807, 2.05) is 36.4 Å². The Bertz CT molecular complexity index is 412. The fraction of sp³-hybridized carbons (Fsp3) is 0.385. The number of nitriles is 1. The zero-order valence-electron chi connectivity index (χ0n) is 10.4. The number of benzene rings is 1. The highest BCUT2D eigenvalue weighted by Crippen LogP contribution is 2.03. The van der Waals surface area contributed by atoms with Crippen molar-refractivity contribution in [2.24, 2.45) is 5.73 Å². The predicted octanol–water partition coefficient (Wildman–Crippen LogP) is 1.50. The molecule has 1 rings (SSSR count). The van der Waals surface area contributed by atoms with E-state index in [4.69, 9.17) is 15.7 Å². The smallest absolute Gasteiger partial charge is 0.411 e. The summed E-state index contributed by atoms with van der Waals surface area (Å²) in [6.45, 7) is 2.26. The molecule has 0 unspecified atom stereocenters. The van der Waals surface area contributed by atoms with Crippen LogP contribution in [0.5, 0.6) is 0 Å². The Balaban J connectivity index is 2.49. The van der Waals surface area contributed by atoms with Crippen molar-refractivity contribution in [3.05, 3.63) is 35.9 Å². The lowest BCUT2D eigenvalue weighted by molar-refractivity contribution is 0.0990. The maximum absolute atomic E-state index is 11.7. The monoisotopic (exact) mass is 247 g/mol. The van der Waals surface area contributed by atoms with E-state index in [0.29, 0.717) is 6.54 Å². The summed E-state index contributed by atoms with van der Waals surface area (Å²) >= 11 is 0. The van der Waals surface area contributed by atoms with Crippen molar-refractivity contribution >= 4 is 6.09 Å². The molecule has 0 heterocycles. The topological polar surface area (TPSA) is 79.4 Å². The molecule has 0 aromatic heterocycles. The summed E-state index contributed by atoms with van der Waals surface area (Å²) in [6.07, 6.45) is -0.516. The van der Waals surface area contributed by atoms with Gasteiger partial charge in [0.1, 0.15) is 13.2 Å². The van der Waals surface area contributed by atoms with Gasteiger partial charge in [0.15, 0.2) is 0 Å². The van der Waals surface area contributed by atoms with Crippen LogP contribution in [0, 0.1) is 11.3 Å². The van der Waals surface area contributed by atoms with Gasteiger partial charge in [-0.2, -0.15) is 5.26 Å². The lowest BCUT2D eigenvalue weighted by atomic mass is 10.2. The number of nitrogens with two attached hydrogens (primary N) is 1. The summed E-state index contributed by atoms with van der Waals surface area (Å²) in [6, 6.07) is 11.1. The van der Waals surface area contributed by atoms with Crippen molar-refractivity contribution in [2.75, 3.05) is 13.1 Å². The number of hydrogen-bond donors (Lipinski definition) is 1. The molecule has 18 heavy (non-hydrogen) atoms. The SMILES string of the molecule is C[C@@H](N)CN(CC#N)C(=O)OCc1ccccc1. The van der Waals surface area contributed by atoms with Gasteiger partial charge in [-0.25, -0.2) is 4.79 Å². The second-order valence-electron chi connectivity index (χ2n) is 4.06. The molecule has 0 fully saturated rings. The zero-order valence-corrected chi connectivity index (χ0v) is 10.4. The molecule has 1 atom stereocenters. The summed E-state index contributed by atoms with van der Waals surface area (Å²) in [5, 5.41) is 8.64. The molecule has 0 saturated heterocycles. The summed E-state index contributed by atoms with van der Waals surface area (Å²) in [5.41, 5.74) is 6.52. The molecule has 0 bridgehead atoms. The lowest BCUT2D eigenvalue weighted by Crippen LogP contribution is -2.40. The van der Waals surface area contributed by atoms with Crippen LogP contribution in [0.15, 0.2) is 30.3 Å². The molecular formula is C13H17N3O2. The highest BCUT2D eigenvalue weighted by molar-refractivity contribution is 5.68. The van der Waals surface area contributed by atoms with Gasteiger partial charge in [0.2, 0.25) is 0 Å². The Morgan fingerprint density at radius 3 is 2.72 bits per heavy atom. The van der Waals surface area contributed by atoms with E-state index >= 15 is 0 Å². The van der Waals surface area contributed by atoms with Gasteiger partial charge in [0.25, 0.3) is 0 Å². The molecule has 1 aromatic rings. The third-order valence-electron chi connectivity index (χ3n) is 2.23. The number of ether oxygens (including phenoxy) is 1. The average molecular weight is 247 g/mol. The van der Waals surface area contributed by atoms with Gasteiger partial charge in [-0.15, -0.1) is 0 Å². The van der Waals surface area contributed by atoms with Crippen molar-refractivity contribution in [1.82, 2.24) is 4.90 Å². The number of rotatable bonds is 5. The highest BCUT2D eigenvalue weighted by Gasteiger charge is 2.15. The van der Waals surface area contributed by atoms with Crippen molar-refractivity contribution in [3.8, 4) is 6.07 Å². The van der Waals surface area contributed by atoms with Gasteiger partial charge >= 0.3 is 6.09 Å². The van der Waals surface area contributed by atoms with Gasteiger partial charge in [0, 0.05) is 12.6 Å². The molecule has 0 saturated carbocycles. The molecule has 1 amide bonds. The van der Waals surface area contributed by atoms with Gasteiger partial charge in [-0.1, -0.05) is 30.3 Å². The largest absolute Gasteiger partial charge is 0.445 e. The quantitative estimate of drug-likeness (QED) is 0.799. The van der Waals surface area contributed by atoms with Crippen molar-refractivity contribution < 1.29 is 9.53 Å². The number of hydrogen-bond acceptors (Lipinski definition) is 4. The molecule has 5 heteroatoms. The number of amides is 1. The minimum Gasteiger partial charge on any atom is -0.445 e. The standard InChI is InChI=1S/C13H17N3O2/c1-11(15)9-16(8-7-14)13(17)18-10-12-5-3-2-4-6-12/h2-6,11H,8-10,15H2,1H3/t11-/m1/s1. The maximum Gasteiger partial charge on any atom is 0.411 e. The summed E-state index contributed by atoms with van der Waals surface area (Å²) in [4.78, 5) is 13.0. The third-order valence-corrected chi connectivity index (χ3v) is 2.23. The van der Waals surface area contributed by atoms with Crippen LogP contribution < -0.4 is 5.73 Å². The minimum absolute atomic E-state index is 0.0187. The average Bonchev–Trinajstić information content (AvgIpc) is 2.36. The second kappa shape index (κ2) is 7.30. The van der Waals surface area contributed by atoms with Crippen molar-refractivity contribution in [1.29, 1.82) is 5.26 Å². The van der Waals surface area contributed by atoms with Gasteiger partial charge in [-0.05, 0) is 12.5 Å². The van der Waals surface area contributed by atoms with Crippen LogP contribution in [-0.4, -0.2) is 30.1 Å². The Kier molecular flexibility index (Phi) is 5.68. The van der Waals surface area contributed by atoms with Gasteiger partial charge < -0.3 is 10.5 Å². The summed E-state index contributed by atoms with van der Waals surface area (Å²) in [7, 11) is 0. The predicted molar refractivity (Wildman–Crippen MR) is 67.5 cm³/mol. The fourth-order valence-corrected chi connectivity index (χ4v) is 1.45. The van der Waals surface area contributed by atoms with E-state index in [0.717, 1.165) is 5.56 Å². The summed E-state index contributed by atoms with van der Waals surface area (Å²) in [5.74, 6) is 0. The van der Waals surface area contributed by atoms with E-state index in [2.05, 4.69) is 0 Å². The fourth-order valence-electron chi connectivity index (χ4n) is 1.45. The van der Waals surface area contributed by atoms with Gasteiger partial charge in [0.05, 0.1) is 6.07 Å². The Morgan fingerprint density at radius 2 is 2.17 bits per heavy atom. The van der Waals surface area contributed by atoms with Crippen molar-refractivity contribution in [3.63, 3.8) is 0 Å². The highest BCUT2D eigenvalue weighted by atomic mass is 16.6. The summed E-state index contributed by atoms with van der Waals surface area (Å²) < 4.78 is 5.12. The second-order valence-corrected chi connectivity index (χ2v) is 4.06. The van der Waals surface area contributed by atoms with E-state index in [1.54, 1.807) is 6.92 Å². The molecule has 0 radical (unpaired) electrons. The van der Waals surface area contributed by atoms with E-state index in [1.165, 1.54) is 4.90 Å². The number of carbonyl (C=O) groups excluding carboxylic acids is 1. The first kappa shape index (κ1) is 14.0. The molecule has 0 aliphatic carbocycles. The maximum atomic E-state index is 11.7. The Labute approximate surface area is 107 Å². The van der Waals surface area contributed by atoms with Crippen LogP contribution in [0.4, 0.5) is 4.79 Å². The van der Waals surface area contributed by atoms with Crippen LogP contribution >= 0.6 is 0 Å². The van der Waals surface area contributed by atoms with Crippen LogP contribution in [0.3, 0.4) is 0 Å². The molecule has 0 aliphatic heterocycles. The molecule has 2 N–H and O–H groups in total. The first-order valence-electron chi connectivity index (χ1n) is 5.71. The van der Waals surface area contributed by atoms with E-state index in [-0.39, 0.29) is 19.2 Å². The normalized spacial score (nSPS) is 11.4. The number of nitrogens with zero attached hydrogens (tertiary/aromatic N) is 2. The minimum atomic E-state index is -0.516.